The third-order valence-electron chi connectivity index (χ3n) is 1.70. The monoisotopic (exact) mass is 188 g/mol. The summed E-state index contributed by atoms with van der Waals surface area (Å²) in [5.41, 5.74) is 0.791. The minimum atomic E-state index is -0.671. The molecule has 0 fully saturated rings. The maximum Gasteiger partial charge on any atom is 0.140 e. The van der Waals surface area contributed by atoms with E-state index in [1.165, 1.54) is 0 Å². The second-order valence-electron chi connectivity index (χ2n) is 4.33. The van der Waals surface area contributed by atoms with Crippen LogP contribution in [-0.2, 0) is 0 Å². The first kappa shape index (κ1) is 10.8. The minimum Gasteiger partial charge on any atom is -0.376 e. The van der Waals surface area contributed by atoms with Crippen LogP contribution in [0.2, 0.25) is 0 Å². The highest BCUT2D eigenvalue weighted by Crippen LogP contribution is 2.14. The van der Waals surface area contributed by atoms with Gasteiger partial charge in [0, 0.05) is 5.41 Å². The molecule has 1 N–H and O–H groups in total. The predicted octanol–water partition coefficient (Wildman–Crippen LogP) is 2.77. The van der Waals surface area contributed by atoms with Crippen LogP contribution in [0.25, 0.3) is 0 Å². The van der Waals surface area contributed by atoms with E-state index >= 15 is 0 Å². The molecule has 0 aliphatic heterocycles. The van der Waals surface area contributed by atoms with Crippen LogP contribution in [0.3, 0.4) is 0 Å². The van der Waals surface area contributed by atoms with Crippen LogP contribution in [0.1, 0.15) is 32.4 Å². The Hall–Kier alpha value is -1.26. The van der Waals surface area contributed by atoms with Crippen molar-refractivity contribution in [3.63, 3.8) is 0 Å². The molecule has 74 valence electrons. The normalized spacial score (nSPS) is 12.9. The molecule has 0 saturated heterocycles. The standard InChI is InChI=1S/C13H16O/c1-13(2,3)10-9-12(14)11-7-5-4-6-8-11/h4-8,12,14H,1-3H3/t12-/m1/s1. The van der Waals surface area contributed by atoms with Crippen LogP contribution >= 0.6 is 0 Å². The molecule has 0 spiro atoms. The summed E-state index contributed by atoms with van der Waals surface area (Å²) in [7, 11) is 0. The van der Waals surface area contributed by atoms with Crippen molar-refractivity contribution in [3.05, 3.63) is 35.9 Å². The van der Waals surface area contributed by atoms with Crippen LogP contribution in [0.4, 0.5) is 0 Å². The molecular weight excluding hydrogens is 172 g/mol. The van der Waals surface area contributed by atoms with Gasteiger partial charge in [0.2, 0.25) is 0 Å². The lowest BCUT2D eigenvalue weighted by molar-refractivity contribution is 0.238. The molecule has 0 aliphatic rings. The highest BCUT2D eigenvalue weighted by atomic mass is 16.3. The van der Waals surface area contributed by atoms with Crippen molar-refractivity contribution in [1.82, 2.24) is 0 Å². The molecule has 0 saturated carbocycles. The maximum absolute atomic E-state index is 9.71. The summed E-state index contributed by atoms with van der Waals surface area (Å²) in [6, 6.07) is 9.48. The van der Waals surface area contributed by atoms with Crippen LogP contribution in [0.5, 0.6) is 0 Å². The molecular formula is C13H16O. The molecule has 1 aromatic rings. The predicted molar refractivity (Wildman–Crippen MR) is 58.6 cm³/mol. The number of hydrogen-bond donors (Lipinski definition) is 1. The molecule has 1 rings (SSSR count). The average Bonchev–Trinajstić information content (AvgIpc) is 2.14. The largest absolute Gasteiger partial charge is 0.376 e. The zero-order valence-electron chi connectivity index (χ0n) is 8.91. The fourth-order valence-electron chi connectivity index (χ4n) is 1.00. The maximum atomic E-state index is 9.71. The lowest BCUT2D eigenvalue weighted by atomic mass is 9.97. The Morgan fingerprint density at radius 1 is 1.14 bits per heavy atom. The Balaban J connectivity index is 2.76. The van der Waals surface area contributed by atoms with Gasteiger partial charge in [0.15, 0.2) is 0 Å². The van der Waals surface area contributed by atoms with Gasteiger partial charge in [-0.1, -0.05) is 42.2 Å². The lowest BCUT2D eigenvalue weighted by Crippen LogP contribution is -2.01. The number of aliphatic hydroxyl groups is 1. The third-order valence-corrected chi connectivity index (χ3v) is 1.70. The van der Waals surface area contributed by atoms with Gasteiger partial charge in [0.05, 0.1) is 0 Å². The first-order valence-corrected chi connectivity index (χ1v) is 4.75. The zero-order valence-corrected chi connectivity index (χ0v) is 8.91. The molecule has 0 aromatic heterocycles. The lowest BCUT2D eigenvalue weighted by Gasteiger charge is -2.08. The van der Waals surface area contributed by atoms with Crippen LogP contribution < -0.4 is 0 Å². The Morgan fingerprint density at radius 2 is 1.71 bits per heavy atom. The molecule has 0 aliphatic carbocycles. The summed E-state index contributed by atoms with van der Waals surface area (Å²) in [5, 5.41) is 9.71. The van der Waals surface area contributed by atoms with Crippen molar-refractivity contribution in [2.45, 2.75) is 26.9 Å². The highest BCUT2D eigenvalue weighted by molar-refractivity contribution is 5.25. The van der Waals surface area contributed by atoms with Crippen LogP contribution in [0.15, 0.2) is 30.3 Å². The molecule has 1 atom stereocenters. The second-order valence-corrected chi connectivity index (χ2v) is 4.33. The molecule has 1 nitrogen and oxygen atoms in total. The first-order chi connectivity index (χ1) is 6.49. The summed E-state index contributed by atoms with van der Waals surface area (Å²) >= 11 is 0. The SMILES string of the molecule is CC(C)(C)C#C[C@@H](O)c1ccccc1. The molecule has 0 radical (unpaired) electrons. The van der Waals surface area contributed by atoms with E-state index in [2.05, 4.69) is 11.8 Å². The summed E-state index contributed by atoms with van der Waals surface area (Å²) in [4.78, 5) is 0. The summed E-state index contributed by atoms with van der Waals surface area (Å²) in [6.45, 7) is 6.08. The minimum absolute atomic E-state index is 0.0598. The molecule has 0 heterocycles. The van der Waals surface area contributed by atoms with E-state index < -0.39 is 6.10 Å². The van der Waals surface area contributed by atoms with Crippen molar-refractivity contribution in [2.75, 3.05) is 0 Å². The van der Waals surface area contributed by atoms with Crippen LogP contribution in [-0.4, -0.2) is 5.11 Å². The van der Waals surface area contributed by atoms with E-state index in [1.54, 1.807) is 0 Å². The van der Waals surface area contributed by atoms with Gasteiger partial charge in [-0.15, -0.1) is 0 Å². The van der Waals surface area contributed by atoms with E-state index in [-0.39, 0.29) is 5.41 Å². The van der Waals surface area contributed by atoms with Gasteiger partial charge in [-0.2, -0.15) is 0 Å². The number of aliphatic hydroxyl groups excluding tert-OH is 1. The van der Waals surface area contributed by atoms with Gasteiger partial charge in [-0.25, -0.2) is 0 Å². The van der Waals surface area contributed by atoms with E-state index in [0.29, 0.717) is 0 Å². The number of benzene rings is 1. The summed E-state index contributed by atoms with van der Waals surface area (Å²) < 4.78 is 0. The quantitative estimate of drug-likeness (QED) is 0.672. The van der Waals surface area contributed by atoms with Crippen molar-refractivity contribution in [1.29, 1.82) is 0 Å². The van der Waals surface area contributed by atoms with Gasteiger partial charge >= 0.3 is 0 Å². The zero-order chi connectivity index (χ0) is 10.6. The van der Waals surface area contributed by atoms with E-state index in [0.717, 1.165) is 5.56 Å². The van der Waals surface area contributed by atoms with Gasteiger partial charge in [0.25, 0.3) is 0 Å². The van der Waals surface area contributed by atoms with E-state index in [1.807, 2.05) is 51.1 Å². The van der Waals surface area contributed by atoms with Gasteiger partial charge in [-0.3, -0.25) is 0 Å². The molecule has 1 aromatic carbocycles. The molecule has 14 heavy (non-hydrogen) atoms. The Bertz CT molecular complexity index is 335. The van der Waals surface area contributed by atoms with E-state index in [4.69, 9.17) is 0 Å². The van der Waals surface area contributed by atoms with Crippen molar-refractivity contribution < 1.29 is 5.11 Å². The Morgan fingerprint density at radius 3 is 2.21 bits per heavy atom. The number of hydrogen-bond acceptors (Lipinski definition) is 1. The van der Waals surface area contributed by atoms with Crippen molar-refractivity contribution >= 4 is 0 Å². The van der Waals surface area contributed by atoms with Gasteiger partial charge in [-0.05, 0) is 26.3 Å². The van der Waals surface area contributed by atoms with E-state index in [9.17, 15) is 5.11 Å². The smallest absolute Gasteiger partial charge is 0.140 e. The topological polar surface area (TPSA) is 20.2 Å². The molecule has 1 heteroatoms. The van der Waals surface area contributed by atoms with Gasteiger partial charge < -0.3 is 5.11 Å². The Kier molecular flexibility index (Phi) is 3.33. The summed E-state index contributed by atoms with van der Waals surface area (Å²) in [6.07, 6.45) is -0.671. The van der Waals surface area contributed by atoms with Crippen LogP contribution in [0, 0.1) is 17.3 Å². The fraction of sp³-hybridized carbons (Fsp3) is 0.385. The number of rotatable bonds is 1. The van der Waals surface area contributed by atoms with Crippen molar-refractivity contribution in [2.24, 2.45) is 5.41 Å². The molecule has 0 unspecified atom stereocenters. The fourth-order valence-corrected chi connectivity index (χ4v) is 1.00. The van der Waals surface area contributed by atoms with Gasteiger partial charge in [0.1, 0.15) is 6.10 Å². The Labute approximate surface area is 85.8 Å². The molecule has 0 amide bonds. The molecule has 0 bridgehead atoms. The second kappa shape index (κ2) is 4.30. The highest BCUT2D eigenvalue weighted by Gasteiger charge is 2.06. The first-order valence-electron chi connectivity index (χ1n) is 4.75. The van der Waals surface area contributed by atoms with Crippen molar-refractivity contribution in [3.8, 4) is 11.8 Å². The third kappa shape index (κ3) is 3.64. The summed E-state index contributed by atoms with van der Waals surface area (Å²) in [5.74, 6) is 5.86. The average molecular weight is 188 g/mol.